The molecule has 1 N–H and O–H groups in total. The molecule has 14 heavy (non-hydrogen) atoms. The standard InChI is InChI=1S/C10H8BrClO2/c11-6-1-2-7(8(12)5-6)10(3-4-10)9(13)14/h1-2,5H,3-4H2,(H,13,14). The van der Waals surface area contributed by atoms with Crippen LogP contribution in [0.2, 0.25) is 5.02 Å². The number of aliphatic carboxylic acids is 1. The first-order chi connectivity index (χ1) is 6.56. The SMILES string of the molecule is O=C(O)C1(c2ccc(Br)cc2Cl)CC1. The zero-order valence-electron chi connectivity index (χ0n) is 7.26. The normalized spacial score (nSPS) is 17.9. The van der Waals surface area contributed by atoms with Crippen molar-refractivity contribution in [1.29, 1.82) is 0 Å². The van der Waals surface area contributed by atoms with E-state index in [1.165, 1.54) is 0 Å². The Labute approximate surface area is 95.0 Å². The van der Waals surface area contributed by atoms with E-state index < -0.39 is 11.4 Å². The molecule has 0 radical (unpaired) electrons. The predicted molar refractivity (Wildman–Crippen MR) is 57.7 cm³/mol. The van der Waals surface area contributed by atoms with E-state index in [1.807, 2.05) is 6.07 Å². The molecule has 0 atom stereocenters. The van der Waals surface area contributed by atoms with Crippen molar-refractivity contribution in [2.45, 2.75) is 18.3 Å². The largest absolute Gasteiger partial charge is 0.481 e. The Morgan fingerprint density at radius 1 is 1.50 bits per heavy atom. The summed E-state index contributed by atoms with van der Waals surface area (Å²) in [6.45, 7) is 0. The van der Waals surface area contributed by atoms with Crippen LogP contribution in [0, 0.1) is 0 Å². The number of hydrogen-bond donors (Lipinski definition) is 1. The van der Waals surface area contributed by atoms with Crippen LogP contribution in [0.1, 0.15) is 18.4 Å². The van der Waals surface area contributed by atoms with Crippen LogP contribution < -0.4 is 0 Å². The van der Waals surface area contributed by atoms with Gasteiger partial charge in [0.1, 0.15) is 0 Å². The molecule has 0 aliphatic heterocycles. The van der Waals surface area contributed by atoms with Crippen molar-refractivity contribution in [3.8, 4) is 0 Å². The van der Waals surface area contributed by atoms with Crippen LogP contribution >= 0.6 is 27.5 Å². The van der Waals surface area contributed by atoms with Crippen LogP contribution in [0.3, 0.4) is 0 Å². The van der Waals surface area contributed by atoms with Crippen molar-refractivity contribution >= 4 is 33.5 Å². The van der Waals surface area contributed by atoms with Crippen molar-refractivity contribution < 1.29 is 9.90 Å². The number of carboxylic acids is 1. The highest BCUT2D eigenvalue weighted by molar-refractivity contribution is 9.10. The van der Waals surface area contributed by atoms with Crippen LogP contribution in [0.15, 0.2) is 22.7 Å². The summed E-state index contributed by atoms with van der Waals surface area (Å²) in [6, 6.07) is 5.34. The molecule has 2 rings (SSSR count). The van der Waals surface area contributed by atoms with Crippen molar-refractivity contribution in [2.24, 2.45) is 0 Å². The summed E-state index contributed by atoms with van der Waals surface area (Å²) in [4.78, 5) is 11.1. The highest BCUT2D eigenvalue weighted by Gasteiger charge is 2.52. The topological polar surface area (TPSA) is 37.3 Å². The van der Waals surface area contributed by atoms with E-state index in [1.54, 1.807) is 12.1 Å². The third kappa shape index (κ3) is 1.44. The van der Waals surface area contributed by atoms with Crippen molar-refractivity contribution in [2.75, 3.05) is 0 Å². The Kier molecular flexibility index (Phi) is 2.32. The minimum Gasteiger partial charge on any atom is -0.481 e. The van der Waals surface area contributed by atoms with E-state index in [4.69, 9.17) is 16.7 Å². The lowest BCUT2D eigenvalue weighted by Crippen LogP contribution is -2.19. The first kappa shape index (κ1) is 9.99. The Morgan fingerprint density at radius 2 is 2.14 bits per heavy atom. The Hall–Kier alpha value is -0.540. The fraction of sp³-hybridized carbons (Fsp3) is 0.300. The molecule has 0 unspecified atom stereocenters. The van der Waals surface area contributed by atoms with Gasteiger partial charge in [-0.2, -0.15) is 0 Å². The van der Waals surface area contributed by atoms with Gasteiger partial charge in [0.05, 0.1) is 5.41 Å². The average molecular weight is 276 g/mol. The molecule has 1 aromatic carbocycles. The van der Waals surface area contributed by atoms with Crippen LogP contribution in [0.5, 0.6) is 0 Å². The Morgan fingerprint density at radius 3 is 2.57 bits per heavy atom. The predicted octanol–water partition coefficient (Wildman–Crippen LogP) is 3.22. The van der Waals surface area contributed by atoms with E-state index in [0.29, 0.717) is 17.9 Å². The molecule has 0 bridgehead atoms. The second kappa shape index (κ2) is 3.24. The fourth-order valence-electron chi connectivity index (χ4n) is 1.60. The van der Waals surface area contributed by atoms with Crippen LogP contribution in [-0.4, -0.2) is 11.1 Å². The van der Waals surface area contributed by atoms with E-state index in [-0.39, 0.29) is 0 Å². The number of carbonyl (C=O) groups is 1. The van der Waals surface area contributed by atoms with E-state index >= 15 is 0 Å². The molecule has 1 aliphatic carbocycles. The molecular formula is C10H8BrClO2. The highest BCUT2D eigenvalue weighted by Crippen LogP contribution is 2.50. The fourth-order valence-corrected chi connectivity index (χ4v) is 2.46. The Balaban J connectivity index is 2.47. The summed E-state index contributed by atoms with van der Waals surface area (Å²) in [5.74, 6) is -0.776. The van der Waals surface area contributed by atoms with Crippen LogP contribution in [-0.2, 0) is 10.2 Å². The van der Waals surface area contributed by atoms with Gasteiger partial charge in [-0.1, -0.05) is 33.6 Å². The monoisotopic (exact) mass is 274 g/mol. The van der Waals surface area contributed by atoms with Crippen LogP contribution in [0.25, 0.3) is 0 Å². The van der Waals surface area contributed by atoms with Gasteiger partial charge in [-0.25, -0.2) is 0 Å². The summed E-state index contributed by atoms with van der Waals surface area (Å²) in [7, 11) is 0. The van der Waals surface area contributed by atoms with Crippen molar-refractivity contribution in [1.82, 2.24) is 0 Å². The maximum absolute atomic E-state index is 11.1. The van der Waals surface area contributed by atoms with E-state index in [2.05, 4.69) is 15.9 Å². The molecule has 0 aromatic heterocycles. The Bertz CT molecular complexity index is 399. The zero-order chi connectivity index (χ0) is 10.3. The van der Waals surface area contributed by atoms with Gasteiger partial charge in [0, 0.05) is 9.50 Å². The van der Waals surface area contributed by atoms with Gasteiger partial charge in [0.2, 0.25) is 0 Å². The third-order valence-electron chi connectivity index (χ3n) is 2.61. The molecular weight excluding hydrogens is 267 g/mol. The maximum Gasteiger partial charge on any atom is 0.314 e. The lowest BCUT2D eigenvalue weighted by atomic mass is 9.96. The second-order valence-electron chi connectivity index (χ2n) is 3.51. The number of carboxylic acid groups (broad SMARTS) is 1. The molecule has 0 heterocycles. The molecule has 0 saturated heterocycles. The third-order valence-corrected chi connectivity index (χ3v) is 3.41. The molecule has 74 valence electrons. The maximum atomic E-state index is 11.1. The average Bonchev–Trinajstić information content (AvgIpc) is 2.84. The van der Waals surface area contributed by atoms with E-state index in [0.717, 1.165) is 10.0 Å². The molecule has 1 aromatic rings. The minimum atomic E-state index is -0.776. The summed E-state index contributed by atoms with van der Waals surface area (Å²) in [5.41, 5.74) is 0.0208. The van der Waals surface area contributed by atoms with Crippen molar-refractivity contribution in [3.05, 3.63) is 33.3 Å². The lowest BCUT2D eigenvalue weighted by Gasteiger charge is -2.11. The first-order valence-electron chi connectivity index (χ1n) is 4.25. The van der Waals surface area contributed by atoms with Crippen molar-refractivity contribution in [3.63, 3.8) is 0 Å². The van der Waals surface area contributed by atoms with E-state index in [9.17, 15) is 4.79 Å². The van der Waals surface area contributed by atoms with Gasteiger partial charge in [-0.05, 0) is 30.5 Å². The second-order valence-corrected chi connectivity index (χ2v) is 4.83. The van der Waals surface area contributed by atoms with Gasteiger partial charge in [0.25, 0.3) is 0 Å². The number of hydrogen-bond acceptors (Lipinski definition) is 1. The molecule has 1 aliphatic rings. The minimum absolute atomic E-state index is 0.527. The number of benzene rings is 1. The lowest BCUT2D eigenvalue weighted by molar-refractivity contribution is -0.140. The zero-order valence-corrected chi connectivity index (χ0v) is 9.60. The molecule has 0 amide bonds. The molecule has 0 spiro atoms. The summed E-state index contributed by atoms with van der Waals surface area (Å²) in [6.07, 6.45) is 1.37. The van der Waals surface area contributed by atoms with Gasteiger partial charge in [-0.15, -0.1) is 0 Å². The molecule has 2 nitrogen and oxygen atoms in total. The molecule has 1 fully saturated rings. The first-order valence-corrected chi connectivity index (χ1v) is 5.42. The smallest absolute Gasteiger partial charge is 0.314 e. The summed E-state index contributed by atoms with van der Waals surface area (Å²) < 4.78 is 0.868. The van der Waals surface area contributed by atoms with Gasteiger partial charge >= 0.3 is 5.97 Å². The summed E-state index contributed by atoms with van der Waals surface area (Å²) >= 11 is 9.29. The quantitative estimate of drug-likeness (QED) is 0.900. The molecule has 4 heteroatoms. The van der Waals surface area contributed by atoms with Gasteiger partial charge in [0.15, 0.2) is 0 Å². The summed E-state index contributed by atoms with van der Waals surface area (Å²) in [5, 5.41) is 9.61. The number of rotatable bonds is 2. The molecule has 1 saturated carbocycles. The highest BCUT2D eigenvalue weighted by atomic mass is 79.9. The van der Waals surface area contributed by atoms with Gasteiger partial charge < -0.3 is 5.11 Å². The number of halogens is 2. The van der Waals surface area contributed by atoms with Crippen LogP contribution in [0.4, 0.5) is 0 Å². The van der Waals surface area contributed by atoms with Gasteiger partial charge in [-0.3, -0.25) is 4.79 Å².